The highest BCUT2D eigenvalue weighted by Crippen LogP contribution is 2.14. The van der Waals surface area contributed by atoms with Gasteiger partial charge in [0.15, 0.2) is 0 Å². The van der Waals surface area contributed by atoms with E-state index in [4.69, 9.17) is 4.74 Å². The topological polar surface area (TPSA) is 41.5 Å². The van der Waals surface area contributed by atoms with Gasteiger partial charge in [0.1, 0.15) is 0 Å². The molecule has 0 radical (unpaired) electrons. The minimum absolute atomic E-state index is 0.0222. The number of benzene rings is 1. The minimum Gasteiger partial charge on any atom is -0.394 e. The van der Waals surface area contributed by atoms with E-state index in [9.17, 15) is 5.11 Å². The maximum atomic E-state index is 9.38. The van der Waals surface area contributed by atoms with Crippen LogP contribution in [0.1, 0.15) is 31.0 Å². The molecular weight excluding hydrogens is 214 g/mol. The van der Waals surface area contributed by atoms with Gasteiger partial charge < -0.3 is 15.2 Å². The normalized spacial score (nSPS) is 13.0. The van der Waals surface area contributed by atoms with Gasteiger partial charge in [-0.15, -0.1) is 0 Å². The van der Waals surface area contributed by atoms with Crippen molar-refractivity contribution >= 4 is 0 Å². The Kier molecular flexibility index (Phi) is 6.19. The number of rotatable bonds is 7. The van der Waals surface area contributed by atoms with E-state index in [0.29, 0.717) is 12.5 Å². The van der Waals surface area contributed by atoms with Crippen LogP contribution in [0, 0.1) is 5.92 Å². The van der Waals surface area contributed by atoms with Gasteiger partial charge in [0.2, 0.25) is 0 Å². The van der Waals surface area contributed by atoms with E-state index in [2.05, 4.69) is 19.2 Å². The first kappa shape index (κ1) is 14.2. The van der Waals surface area contributed by atoms with E-state index in [1.165, 1.54) is 0 Å². The van der Waals surface area contributed by atoms with Crippen molar-refractivity contribution < 1.29 is 9.84 Å². The molecule has 1 rings (SSSR count). The van der Waals surface area contributed by atoms with E-state index in [1.807, 2.05) is 24.3 Å². The predicted octanol–water partition coefficient (Wildman–Crippen LogP) is 2.11. The van der Waals surface area contributed by atoms with Gasteiger partial charge in [-0.25, -0.2) is 0 Å². The molecule has 2 N–H and O–H groups in total. The number of nitrogens with one attached hydrogen (secondary N) is 1. The molecule has 0 bridgehead atoms. The van der Waals surface area contributed by atoms with Crippen molar-refractivity contribution in [1.82, 2.24) is 5.32 Å². The molecule has 1 aromatic rings. The first-order valence-corrected chi connectivity index (χ1v) is 6.09. The fourth-order valence-corrected chi connectivity index (χ4v) is 1.68. The molecule has 0 aliphatic rings. The van der Waals surface area contributed by atoms with Crippen LogP contribution in [-0.2, 0) is 11.3 Å². The van der Waals surface area contributed by atoms with Crippen molar-refractivity contribution in [3.05, 3.63) is 35.4 Å². The molecule has 1 unspecified atom stereocenters. The summed E-state index contributed by atoms with van der Waals surface area (Å²) in [6.45, 7) is 5.97. The lowest BCUT2D eigenvalue weighted by molar-refractivity contribution is 0.185. The fourth-order valence-electron chi connectivity index (χ4n) is 1.68. The van der Waals surface area contributed by atoms with Gasteiger partial charge in [0.05, 0.1) is 19.3 Å². The van der Waals surface area contributed by atoms with Crippen molar-refractivity contribution in [1.29, 1.82) is 0 Å². The lowest BCUT2D eigenvalue weighted by Crippen LogP contribution is -2.27. The van der Waals surface area contributed by atoms with Crippen LogP contribution in [-0.4, -0.2) is 25.4 Å². The second-order valence-corrected chi connectivity index (χ2v) is 4.71. The van der Waals surface area contributed by atoms with Crippen LogP contribution in [0.2, 0.25) is 0 Å². The molecular formula is C14H23NO2. The summed E-state index contributed by atoms with van der Waals surface area (Å²) >= 11 is 0. The van der Waals surface area contributed by atoms with Gasteiger partial charge in [0.25, 0.3) is 0 Å². The van der Waals surface area contributed by atoms with Crippen molar-refractivity contribution in [2.75, 3.05) is 20.3 Å². The Balaban J connectivity index is 2.61. The average Bonchev–Trinajstić information content (AvgIpc) is 2.32. The Bertz CT molecular complexity index is 309. The quantitative estimate of drug-likeness (QED) is 0.763. The second kappa shape index (κ2) is 7.43. The number of hydrogen-bond donors (Lipinski definition) is 2. The molecule has 3 heteroatoms. The molecule has 0 aliphatic carbocycles. The molecule has 1 atom stereocenters. The summed E-state index contributed by atoms with van der Waals surface area (Å²) in [6, 6.07) is 8.19. The molecule has 0 fully saturated rings. The third-order valence-corrected chi connectivity index (χ3v) is 2.65. The molecule has 96 valence electrons. The maximum absolute atomic E-state index is 9.38. The minimum atomic E-state index is 0.0222. The van der Waals surface area contributed by atoms with E-state index in [0.717, 1.165) is 17.7 Å². The van der Waals surface area contributed by atoms with Gasteiger partial charge in [0, 0.05) is 7.11 Å². The summed E-state index contributed by atoms with van der Waals surface area (Å²) in [5, 5.41) is 12.7. The third kappa shape index (κ3) is 4.86. The maximum Gasteiger partial charge on any atom is 0.0713 e. The Labute approximate surface area is 104 Å². The molecule has 0 amide bonds. The summed E-state index contributed by atoms with van der Waals surface area (Å²) in [4.78, 5) is 0. The molecule has 17 heavy (non-hydrogen) atoms. The molecule has 1 aromatic carbocycles. The van der Waals surface area contributed by atoms with Crippen LogP contribution in [0.3, 0.4) is 0 Å². The summed E-state index contributed by atoms with van der Waals surface area (Å²) in [6.07, 6.45) is 0. The first-order valence-electron chi connectivity index (χ1n) is 6.09. The number of aliphatic hydroxyl groups excluding tert-OH is 1. The summed E-state index contributed by atoms with van der Waals surface area (Å²) < 4.78 is 5.07. The molecule has 0 saturated heterocycles. The Hall–Kier alpha value is -0.900. The molecule has 0 heterocycles. The summed E-state index contributed by atoms with van der Waals surface area (Å²) in [5.74, 6) is 0.580. The van der Waals surface area contributed by atoms with Gasteiger partial charge in [-0.3, -0.25) is 0 Å². The predicted molar refractivity (Wildman–Crippen MR) is 69.8 cm³/mol. The van der Waals surface area contributed by atoms with E-state index in [-0.39, 0.29) is 12.6 Å². The SMILES string of the molecule is COCc1ccc(C(CO)NCC(C)C)cc1. The highest BCUT2D eigenvalue weighted by Gasteiger charge is 2.09. The van der Waals surface area contributed by atoms with Gasteiger partial charge in [-0.2, -0.15) is 0 Å². The Morgan fingerprint density at radius 1 is 1.24 bits per heavy atom. The summed E-state index contributed by atoms with van der Waals surface area (Å²) in [5.41, 5.74) is 2.27. The third-order valence-electron chi connectivity index (χ3n) is 2.65. The van der Waals surface area contributed by atoms with Crippen LogP contribution in [0.4, 0.5) is 0 Å². The lowest BCUT2D eigenvalue weighted by Gasteiger charge is -2.18. The van der Waals surface area contributed by atoms with Crippen LogP contribution in [0.15, 0.2) is 24.3 Å². The van der Waals surface area contributed by atoms with E-state index < -0.39 is 0 Å². The highest BCUT2D eigenvalue weighted by molar-refractivity contribution is 5.24. The second-order valence-electron chi connectivity index (χ2n) is 4.71. The lowest BCUT2D eigenvalue weighted by atomic mass is 10.0. The van der Waals surface area contributed by atoms with Crippen molar-refractivity contribution in [2.24, 2.45) is 5.92 Å². The number of aliphatic hydroxyl groups is 1. The smallest absolute Gasteiger partial charge is 0.0713 e. The fraction of sp³-hybridized carbons (Fsp3) is 0.571. The van der Waals surface area contributed by atoms with Gasteiger partial charge >= 0.3 is 0 Å². The Morgan fingerprint density at radius 2 is 1.88 bits per heavy atom. The van der Waals surface area contributed by atoms with E-state index >= 15 is 0 Å². The average molecular weight is 237 g/mol. The number of hydrogen-bond acceptors (Lipinski definition) is 3. The number of methoxy groups -OCH3 is 1. The number of ether oxygens (including phenoxy) is 1. The highest BCUT2D eigenvalue weighted by atomic mass is 16.5. The molecule has 0 aromatic heterocycles. The van der Waals surface area contributed by atoms with E-state index in [1.54, 1.807) is 7.11 Å². The van der Waals surface area contributed by atoms with Crippen LogP contribution in [0.25, 0.3) is 0 Å². The zero-order valence-corrected chi connectivity index (χ0v) is 10.9. The van der Waals surface area contributed by atoms with Crippen molar-refractivity contribution in [3.8, 4) is 0 Å². The molecule has 0 saturated carbocycles. The molecule has 3 nitrogen and oxygen atoms in total. The van der Waals surface area contributed by atoms with Crippen LogP contribution in [0.5, 0.6) is 0 Å². The van der Waals surface area contributed by atoms with Gasteiger partial charge in [-0.1, -0.05) is 38.1 Å². The summed E-state index contributed by atoms with van der Waals surface area (Å²) in [7, 11) is 1.69. The monoisotopic (exact) mass is 237 g/mol. The van der Waals surface area contributed by atoms with Crippen LogP contribution < -0.4 is 5.32 Å². The van der Waals surface area contributed by atoms with Crippen molar-refractivity contribution in [2.45, 2.75) is 26.5 Å². The molecule has 0 aliphatic heterocycles. The van der Waals surface area contributed by atoms with Gasteiger partial charge in [-0.05, 0) is 23.6 Å². The standard InChI is InChI=1S/C14H23NO2/c1-11(2)8-15-14(9-16)13-6-4-12(5-7-13)10-17-3/h4-7,11,14-16H,8-10H2,1-3H3. The zero-order valence-electron chi connectivity index (χ0n) is 10.9. The largest absolute Gasteiger partial charge is 0.394 e. The van der Waals surface area contributed by atoms with Crippen LogP contribution >= 0.6 is 0 Å². The zero-order chi connectivity index (χ0) is 12.7. The van der Waals surface area contributed by atoms with Crippen molar-refractivity contribution in [3.63, 3.8) is 0 Å². The molecule has 0 spiro atoms. The first-order chi connectivity index (χ1) is 8.17. The Morgan fingerprint density at radius 3 is 2.35 bits per heavy atom.